The van der Waals surface area contributed by atoms with Gasteiger partial charge in [-0.15, -0.1) is 11.3 Å². The molecule has 0 saturated heterocycles. The van der Waals surface area contributed by atoms with Crippen molar-refractivity contribution in [2.45, 2.75) is 43.7 Å². The smallest absolute Gasteiger partial charge is 0.262 e. The molecule has 0 unspecified atom stereocenters. The highest BCUT2D eigenvalue weighted by atomic mass is 32.2. The number of hydrogen-bond acceptors (Lipinski definition) is 5. The van der Waals surface area contributed by atoms with Crippen molar-refractivity contribution in [3.63, 3.8) is 0 Å². The molecule has 2 aromatic heterocycles. The van der Waals surface area contributed by atoms with Crippen molar-refractivity contribution in [3.8, 4) is 0 Å². The van der Waals surface area contributed by atoms with Crippen molar-refractivity contribution >= 4 is 39.1 Å². The quantitative estimate of drug-likeness (QED) is 0.602. The Morgan fingerprint density at radius 2 is 1.92 bits per heavy atom. The van der Waals surface area contributed by atoms with E-state index < -0.39 is 0 Å². The lowest BCUT2D eigenvalue weighted by atomic mass is 9.48. The summed E-state index contributed by atoms with van der Waals surface area (Å²) in [4.78, 5) is 30.9. The van der Waals surface area contributed by atoms with Crippen LogP contribution in [-0.4, -0.2) is 21.1 Å². The summed E-state index contributed by atoms with van der Waals surface area (Å²) >= 11 is 2.93. The molecule has 0 amide bonds. The molecule has 0 aromatic carbocycles. The Balaban J connectivity index is 1.37. The summed E-state index contributed by atoms with van der Waals surface area (Å²) in [7, 11) is 1.75. The second-order valence-corrected chi connectivity index (χ2v) is 10.1. The molecule has 2 heterocycles. The van der Waals surface area contributed by atoms with Crippen LogP contribution in [0.25, 0.3) is 10.2 Å². The lowest BCUT2D eigenvalue weighted by Gasteiger charge is -2.56. The maximum atomic E-state index is 13.1. The molecule has 4 nitrogen and oxygen atoms in total. The molecule has 0 aliphatic heterocycles. The Morgan fingerprint density at radius 1 is 1.28 bits per heavy atom. The van der Waals surface area contributed by atoms with Crippen LogP contribution in [0.5, 0.6) is 0 Å². The maximum Gasteiger partial charge on any atom is 0.262 e. The SMILES string of the molecule is Cn1c(SCC(=O)C23CC4CC(CC(C4)C2)C3)nc2sccc2c1=O. The number of aromatic nitrogens is 2. The van der Waals surface area contributed by atoms with Crippen LogP contribution in [0.1, 0.15) is 38.5 Å². The molecule has 0 radical (unpaired) electrons. The van der Waals surface area contributed by atoms with Crippen LogP contribution in [0.4, 0.5) is 0 Å². The zero-order chi connectivity index (χ0) is 17.2. The monoisotopic (exact) mass is 374 g/mol. The summed E-state index contributed by atoms with van der Waals surface area (Å²) in [5.41, 5.74) is -0.0794. The van der Waals surface area contributed by atoms with E-state index in [-0.39, 0.29) is 11.0 Å². The molecule has 25 heavy (non-hydrogen) atoms. The van der Waals surface area contributed by atoms with Crippen LogP contribution in [0.3, 0.4) is 0 Å². The Kier molecular flexibility index (Phi) is 3.65. The number of Topliss-reactive ketones (excluding diaryl/α,β-unsaturated/α-hetero) is 1. The van der Waals surface area contributed by atoms with Crippen LogP contribution in [0, 0.1) is 23.2 Å². The fourth-order valence-electron chi connectivity index (χ4n) is 5.84. The highest BCUT2D eigenvalue weighted by Crippen LogP contribution is 2.60. The first kappa shape index (κ1) is 16.1. The second-order valence-electron chi connectivity index (χ2n) is 8.31. The third-order valence-corrected chi connectivity index (χ3v) is 8.46. The third kappa shape index (κ3) is 2.52. The van der Waals surface area contributed by atoms with Crippen molar-refractivity contribution in [1.29, 1.82) is 0 Å². The molecule has 132 valence electrons. The minimum atomic E-state index is -0.0619. The number of thiophene rings is 1. The molecule has 2 aromatic rings. The Morgan fingerprint density at radius 3 is 2.56 bits per heavy atom. The van der Waals surface area contributed by atoms with Gasteiger partial charge in [-0.05, 0) is 67.7 Å². The fraction of sp³-hybridized carbons (Fsp3) is 0.632. The number of hydrogen-bond donors (Lipinski definition) is 0. The van der Waals surface area contributed by atoms with Crippen molar-refractivity contribution < 1.29 is 4.79 Å². The number of nitrogens with zero attached hydrogens (tertiary/aromatic N) is 2. The lowest BCUT2D eigenvalue weighted by molar-refractivity contribution is -0.141. The summed E-state index contributed by atoms with van der Waals surface area (Å²) in [5.74, 6) is 3.20. The first-order chi connectivity index (χ1) is 12.0. The average Bonchev–Trinajstić information content (AvgIpc) is 3.04. The largest absolute Gasteiger partial charge is 0.298 e. The van der Waals surface area contributed by atoms with Crippen molar-refractivity contribution in [3.05, 3.63) is 21.8 Å². The van der Waals surface area contributed by atoms with Gasteiger partial charge in [-0.3, -0.25) is 14.2 Å². The standard InChI is InChI=1S/C19H22N2O2S2/c1-21-17(23)14-2-3-24-16(14)20-18(21)25-10-15(22)19-7-11-4-12(8-19)6-13(5-11)9-19/h2-3,11-13H,4-10H2,1H3. The van der Waals surface area contributed by atoms with Gasteiger partial charge in [0.05, 0.1) is 11.1 Å². The van der Waals surface area contributed by atoms with Gasteiger partial charge in [-0.25, -0.2) is 4.98 Å². The van der Waals surface area contributed by atoms with E-state index in [2.05, 4.69) is 4.98 Å². The number of rotatable bonds is 4. The summed E-state index contributed by atoms with van der Waals surface area (Å²) in [6.07, 6.45) is 7.37. The van der Waals surface area contributed by atoms with Crippen LogP contribution in [-0.2, 0) is 11.8 Å². The van der Waals surface area contributed by atoms with E-state index in [0.717, 1.165) is 41.8 Å². The predicted octanol–water partition coefficient (Wildman–Crippen LogP) is 3.87. The van der Waals surface area contributed by atoms with Crippen molar-refractivity contribution in [2.24, 2.45) is 30.2 Å². The maximum absolute atomic E-state index is 13.1. The van der Waals surface area contributed by atoms with E-state index in [0.29, 0.717) is 22.1 Å². The molecular formula is C19H22N2O2S2. The Labute approximate surface area is 155 Å². The van der Waals surface area contributed by atoms with E-state index in [4.69, 9.17) is 0 Å². The predicted molar refractivity (Wildman–Crippen MR) is 101 cm³/mol. The van der Waals surface area contributed by atoms with E-state index >= 15 is 0 Å². The fourth-order valence-corrected chi connectivity index (χ4v) is 7.66. The molecule has 4 aliphatic carbocycles. The lowest BCUT2D eigenvalue weighted by Crippen LogP contribution is -2.50. The van der Waals surface area contributed by atoms with Crippen molar-refractivity contribution in [1.82, 2.24) is 9.55 Å². The Hall–Kier alpha value is -1.14. The normalized spacial score (nSPS) is 33.2. The first-order valence-electron chi connectivity index (χ1n) is 9.14. The van der Waals surface area contributed by atoms with E-state index in [1.807, 2.05) is 11.4 Å². The molecule has 6 heteroatoms. The van der Waals surface area contributed by atoms with Gasteiger partial charge in [0.1, 0.15) is 10.6 Å². The molecule has 4 saturated carbocycles. The van der Waals surface area contributed by atoms with Crippen LogP contribution in [0.15, 0.2) is 21.4 Å². The van der Waals surface area contributed by atoms with Gasteiger partial charge in [0.25, 0.3) is 5.56 Å². The van der Waals surface area contributed by atoms with Gasteiger partial charge < -0.3 is 0 Å². The van der Waals surface area contributed by atoms with E-state index in [1.54, 1.807) is 11.6 Å². The molecule has 4 fully saturated rings. The summed E-state index contributed by atoms with van der Waals surface area (Å²) < 4.78 is 1.59. The summed E-state index contributed by atoms with van der Waals surface area (Å²) in [6.45, 7) is 0. The van der Waals surface area contributed by atoms with Crippen LogP contribution in [0.2, 0.25) is 0 Å². The van der Waals surface area contributed by atoms with Crippen LogP contribution >= 0.6 is 23.1 Å². The third-order valence-electron chi connectivity index (χ3n) is 6.63. The van der Waals surface area contributed by atoms with Gasteiger partial charge in [-0.2, -0.15) is 0 Å². The molecular weight excluding hydrogens is 352 g/mol. The second kappa shape index (κ2) is 5.68. The number of thioether (sulfide) groups is 1. The first-order valence-corrected chi connectivity index (χ1v) is 11.0. The van der Waals surface area contributed by atoms with Crippen molar-refractivity contribution in [2.75, 3.05) is 5.75 Å². The molecule has 0 spiro atoms. The topological polar surface area (TPSA) is 52.0 Å². The van der Waals surface area contributed by atoms with E-state index in [9.17, 15) is 9.59 Å². The molecule has 4 bridgehead atoms. The minimum absolute atomic E-state index is 0.0176. The van der Waals surface area contributed by atoms with Gasteiger partial charge >= 0.3 is 0 Å². The number of ketones is 1. The molecule has 6 rings (SSSR count). The highest BCUT2D eigenvalue weighted by molar-refractivity contribution is 7.99. The molecule has 4 aliphatic rings. The summed E-state index contributed by atoms with van der Waals surface area (Å²) in [6, 6.07) is 1.82. The zero-order valence-corrected chi connectivity index (χ0v) is 16.0. The van der Waals surface area contributed by atoms with Gasteiger partial charge in [0.15, 0.2) is 5.16 Å². The zero-order valence-electron chi connectivity index (χ0n) is 14.4. The number of fused-ring (bicyclic) bond motifs is 1. The number of carbonyl (C=O) groups is 1. The molecule has 0 atom stereocenters. The van der Waals surface area contributed by atoms with E-state index in [1.165, 1.54) is 42.4 Å². The summed E-state index contributed by atoms with van der Waals surface area (Å²) in [5, 5.41) is 3.23. The van der Waals surface area contributed by atoms with Gasteiger partial charge in [-0.1, -0.05) is 11.8 Å². The average molecular weight is 375 g/mol. The van der Waals surface area contributed by atoms with Gasteiger partial charge in [0, 0.05) is 12.5 Å². The van der Waals surface area contributed by atoms with Gasteiger partial charge in [0.2, 0.25) is 0 Å². The number of carbonyl (C=O) groups excluding carboxylic acids is 1. The highest BCUT2D eigenvalue weighted by Gasteiger charge is 2.54. The molecule has 0 N–H and O–H groups in total. The Bertz CT molecular complexity index is 878. The van der Waals surface area contributed by atoms with Crippen LogP contribution < -0.4 is 5.56 Å². The minimum Gasteiger partial charge on any atom is -0.298 e.